The van der Waals surface area contributed by atoms with Crippen molar-refractivity contribution in [1.82, 2.24) is 4.98 Å². The van der Waals surface area contributed by atoms with Crippen LogP contribution in [0.15, 0.2) is 18.3 Å². The number of rotatable bonds is 5. The molecule has 1 aromatic rings. The first kappa shape index (κ1) is 13.5. The van der Waals surface area contributed by atoms with E-state index < -0.39 is 0 Å². The lowest BCUT2D eigenvalue weighted by atomic mass is 10.2. The van der Waals surface area contributed by atoms with Crippen molar-refractivity contribution in [2.45, 2.75) is 40.2 Å². The molecule has 1 heterocycles. The minimum absolute atomic E-state index is 0.0138. The Morgan fingerprint density at radius 1 is 1.35 bits per heavy atom. The van der Waals surface area contributed by atoms with Gasteiger partial charge in [0, 0.05) is 12.0 Å². The van der Waals surface area contributed by atoms with Gasteiger partial charge in [0.25, 0.3) is 0 Å². The molecule has 0 saturated heterocycles. The summed E-state index contributed by atoms with van der Waals surface area (Å²) in [6.07, 6.45) is 2.80. The summed E-state index contributed by atoms with van der Waals surface area (Å²) in [6.45, 7) is 7.96. The van der Waals surface area contributed by atoms with Crippen LogP contribution in [-0.2, 0) is 4.79 Å². The second kappa shape index (κ2) is 6.23. The zero-order chi connectivity index (χ0) is 12.8. The van der Waals surface area contributed by atoms with Crippen molar-refractivity contribution in [1.29, 1.82) is 0 Å². The second-order valence-electron chi connectivity index (χ2n) is 4.53. The van der Waals surface area contributed by atoms with Crippen LogP contribution in [0.25, 0.3) is 0 Å². The number of hydrogen-bond donors (Lipinski definition) is 2. The highest BCUT2D eigenvalue weighted by Gasteiger charge is 2.07. The van der Waals surface area contributed by atoms with Gasteiger partial charge in [0.05, 0.1) is 11.9 Å². The van der Waals surface area contributed by atoms with Gasteiger partial charge in [0.2, 0.25) is 5.91 Å². The number of aromatic nitrogens is 1. The predicted molar refractivity (Wildman–Crippen MR) is 71.1 cm³/mol. The molecule has 0 radical (unpaired) electrons. The Labute approximate surface area is 103 Å². The first-order valence-electron chi connectivity index (χ1n) is 6.06. The highest BCUT2D eigenvalue weighted by molar-refractivity contribution is 5.91. The lowest BCUT2D eigenvalue weighted by Gasteiger charge is -2.13. The molecular weight excluding hydrogens is 214 g/mol. The monoisotopic (exact) mass is 235 g/mol. The summed E-state index contributed by atoms with van der Waals surface area (Å²) in [7, 11) is 0. The van der Waals surface area contributed by atoms with E-state index in [4.69, 9.17) is 0 Å². The number of amides is 1. The maximum absolute atomic E-state index is 11.5. The normalized spacial score (nSPS) is 12.3. The first-order chi connectivity index (χ1) is 8.02. The predicted octanol–water partition coefficient (Wildman–Crippen LogP) is 2.89. The average molecular weight is 235 g/mol. The number of carbonyl (C=O) groups excluding carboxylic acids is 1. The van der Waals surface area contributed by atoms with E-state index in [1.807, 2.05) is 26.0 Å². The Morgan fingerprint density at radius 2 is 2.06 bits per heavy atom. The Morgan fingerprint density at radius 3 is 2.53 bits per heavy atom. The summed E-state index contributed by atoms with van der Waals surface area (Å²) < 4.78 is 0. The van der Waals surface area contributed by atoms with Crippen molar-refractivity contribution in [3.8, 4) is 0 Å². The van der Waals surface area contributed by atoms with Gasteiger partial charge < -0.3 is 10.6 Å². The summed E-state index contributed by atoms with van der Waals surface area (Å²) >= 11 is 0. The Balaban J connectivity index is 2.59. The fourth-order valence-corrected chi connectivity index (χ4v) is 1.21. The van der Waals surface area contributed by atoms with E-state index in [2.05, 4.69) is 29.5 Å². The van der Waals surface area contributed by atoms with Crippen LogP contribution in [0.2, 0.25) is 0 Å². The molecule has 0 aliphatic heterocycles. The molecule has 1 aromatic heterocycles. The van der Waals surface area contributed by atoms with Crippen LogP contribution in [0.5, 0.6) is 0 Å². The fraction of sp³-hybridized carbons (Fsp3) is 0.538. The Bertz CT molecular complexity index is 359. The van der Waals surface area contributed by atoms with Crippen molar-refractivity contribution >= 4 is 17.4 Å². The quantitative estimate of drug-likeness (QED) is 0.825. The van der Waals surface area contributed by atoms with Gasteiger partial charge in [-0.1, -0.05) is 20.8 Å². The van der Waals surface area contributed by atoms with Crippen LogP contribution >= 0.6 is 0 Å². The summed E-state index contributed by atoms with van der Waals surface area (Å²) in [5.74, 6) is 0.549. The van der Waals surface area contributed by atoms with Crippen molar-refractivity contribution in [3.05, 3.63) is 18.3 Å². The molecule has 1 rings (SSSR count). The van der Waals surface area contributed by atoms with E-state index in [0.717, 1.165) is 12.1 Å². The number of hydrogen-bond acceptors (Lipinski definition) is 3. The Hall–Kier alpha value is -1.58. The van der Waals surface area contributed by atoms with E-state index in [-0.39, 0.29) is 11.8 Å². The highest BCUT2D eigenvalue weighted by Crippen LogP contribution is 2.12. The summed E-state index contributed by atoms with van der Waals surface area (Å²) in [4.78, 5) is 15.6. The van der Waals surface area contributed by atoms with Crippen LogP contribution in [0.1, 0.15) is 34.1 Å². The van der Waals surface area contributed by atoms with Crippen molar-refractivity contribution in [2.75, 3.05) is 10.6 Å². The van der Waals surface area contributed by atoms with Gasteiger partial charge in [-0.25, -0.2) is 4.98 Å². The molecule has 0 aliphatic carbocycles. The first-order valence-corrected chi connectivity index (χ1v) is 6.06. The maximum Gasteiger partial charge on any atom is 0.228 e. The van der Waals surface area contributed by atoms with Crippen LogP contribution in [0.4, 0.5) is 11.5 Å². The summed E-state index contributed by atoms with van der Waals surface area (Å²) in [5, 5.41) is 6.08. The number of nitrogens with one attached hydrogen (secondary N) is 2. The third-order valence-corrected chi connectivity index (χ3v) is 2.56. The van der Waals surface area contributed by atoms with Gasteiger partial charge in [-0.05, 0) is 25.5 Å². The SMILES string of the molecule is CCC(C)Nc1ccc(NC(=O)C(C)C)nc1. The van der Waals surface area contributed by atoms with Gasteiger partial charge in [-0.2, -0.15) is 0 Å². The van der Waals surface area contributed by atoms with E-state index in [1.54, 1.807) is 6.20 Å². The second-order valence-corrected chi connectivity index (χ2v) is 4.53. The largest absolute Gasteiger partial charge is 0.381 e. The molecule has 0 aliphatic rings. The van der Waals surface area contributed by atoms with E-state index in [1.165, 1.54) is 0 Å². The molecule has 1 unspecified atom stereocenters. The van der Waals surface area contributed by atoms with Gasteiger partial charge in [0.15, 0.2) is 0 Å². The molecule has 2 N–H and O–H groups in total. The smallest absolute Gasteiger partial charge is 0.228 e. The van der Waals surface area contributed by atoms with Crippen molar-refractivity contribution < 1.29 is 4.79 Å². The van der Waals surface area contributed by atoms with Gasteiger partial charge >= 0.3 is 0 Å². The average Bonchev–Trinajstić information content (AvgIpc) is 2.31. The molecule has 0 spiro atoms. The topological polar surface area (TPSA) is 54.0 Å². The van der Waals surface area contributed by atoms with E-state index in [9.17, 15) is 4.79 Å². The van der Waals surface area contributed by atoms with Gasteiger partial charge in [-0.3, -0.25) is 4.79 Å². The van der Waals surface area contributed by atoms with Crippen LogP contribution in [0.3, 0.4) is 0 Å². The van der Waals surface area contributed by atoms with Gasteiger partial charge in [0.1, 0.15) is 5.82 Å². The molecule has 0 bridgehead atoms. The minimum atomic E-state index is -0.0327. The standard InChI is InChI=1S/C13H21N3O/c1-5-10(4)15-11-6-7-12(14-8-11)16-13(17)9(2)3/h6-10,15H,5H2,1-4H3,(H,14,16,17). The molecule has 1 amide bonds. The summed E-state index contributed by atoms with van der Waals surface area (Å²) in [5.41, 5.74) is 0.974. The van der Waals surface area contributed by atoms with Crippen LogP contribution in [0, 0.1) is 5.92 Å². The van der Waals surface area contributed by atoms with Gasteiger partial charge in [-0.15, -0.1) is 0 Å². The molecule has 94 valence electrons. The number of nitrogens with zero attached hydrogens (tertiary/aromatic N) is 1. The molecule has 17 heavy (non-hydrogen) atoms. The van der Waals surface area contributed by atoms with Crippen molar-refractivity contribution in [3.63, 3.8) is 0 Å². The molecule has 4 nitrogen and oxygen atoms in total. The Kier molecular flexibility index (Phi) is 4.94. The minimum Gasteiger partial charge on any atom is -0.381 e. The zero-order valence-corrected chi connectivity index (χ0v) is 10.9. The molecule has 0 aromatic carbocycles. The third-order valence-electron chi connectivity index (χ3n) is 2.56. The third kappa shape index (κ3) is 4.43. The van der Waals surface area contributed by atoms with E-state index >= 15 is 0 Å². The molecule has 0 fully saturated rings. The highest BCUT2D eigenvalue weighted by atomic mass is 16.1. The van der Waals surface area contributed by atoms with E-state index in [0.29, 0.717) is 11.9 Å². The van der Waals surface area contributed by atoms with Crippen molar-refractivity contribution in [2.24, 2.45) is 5.92 Å². The molecular formula is C13H21N3O. The lowest BCUT2D eigenvalue weighted by Crippen LogP contribution is -2.18. The number of anilines is 2. The van der Waals surface area contributed by atoms with Crippen LogP contribution in [-0.4, -0.2) is 16.9 Å². The molecule has 4 heteroatoms. The summed E-state index contributed by atoms with van der Waals surface area (Å²) in [6, 6.07) is 4.16. The lowest BCUT2D eigenvalue weighted by molar-refractivity contribution is -0.118. The molecule has 1 atom stereocenters. The molecule has 0 saturated carbocycles. The number of pyridine rings is 1. The fourth-order valence-electron chi connectivity index (χ4n) is 1.21. The maximum atomic E-state index is 11.5. The zero-order valence-electron chi connectivity index (χ0n) is 10.9. The van der Waals surface area contributed by atoms with Crippen LogP contribution < -0.4 is 10.6 Å². The number of carbonyl (C=O) groups is 1.